The van der Waals surface area contributed by atoms with Gasteiger partial charge < -0.3 is 15.5 Å². The number of anilines is 2. The number of carbonyl (C=O) groups is 1. The molecule has 3 aromatic rings. The average molecular weight is 389 g/mol. The molecule has 8 heteroatoms. The normalized spacial score (nSPS) is 15.5. The highest BCUT2D eigenvalue weighted by Crippen LogP contribution is 2.34. The van der Waals surface area contributed by atoms with E-state index in [0.29, 0.717) is 18.1 Å². The Hall–Kier alpha value is -3.68. The first kappa shape index (κ1) is 18.7. The molecule has 29 heavy (non-hydrogen) atoms. The summed E-state index contributed by atoms with van der Waals surface area (Å²) >= 11 is 0. The lowest BCUT2D eigenvalue weighted by molar-refractivity contribution is -0.118. The van der Waals surface area contributed by atoms with Crippen molar-refractivity contribution in [3.8, 4) is 0 Å². The Balaban J connectivity index is 1.67. The van der Waals surface area contributed by atoms with Crippen molar-refractivity contribution in [2.45, 2.75) is 19.5 Å². The quantitative estimate of drug-likeness (QED) is 0.696. The zero-order valence-corrected chi connectivity index (χ0v) is 16.6. The summed E-state index contributed by atoms with van der Waals surface area (Å²) in [6.45, 7) is 2.32. The van der Waals surface area contributed by atoms with Gasteiger partial charge in [-0.25, -0.2) is 0 Å². The minimum atomic E-state index is -0.409. The van der Waals surface area contributed by atoms with Crippen molar-refractivity contribution in [1.82, 2.24) is 25.5 Å². The molecule has 2 heterocycles. The van der Waals surface area contributed by atoms with E-state index in [4.69, 9.17) is 0 Å². The second-order valence-corrected chi connectivity index (χ2v) is 7.17. The molecule has 1 aromatic heterocycles. The number of nitrogens with zero attached hydrogens (tertiary/aromatic N) is 5. The topological polar surface area (TPSA) is 88.0 Å². The Labute approximate surface area is 169 Å². The van der Waals surface area contributed by atoms with Crippen LogP contribution in [0, 0.1) is 0 Å². The molecule has 8 nitrogen and oxygen atoms in total. The van der Waals surface area contributed by atoms with Crippen LogP contribution in [0.3, 0.4) is 0 Å². The summed E-state index contributed by atoms with van der Waals surface area (Å²) in [6.07, 6.45) is 0. The fourth-order valence-electron chi connectivity index (χ4n) is 3.44. The van der Waals surface area contributed by atoms with Crippen molar-refractivity contribution in [3.05, 3.63) is 77.0 Å². The summed E-state index contributed by atoms with van der Waals surface area (Å²) in [4.78, 5) is 15.2. The van der Waals surface area contributed by atoms with Crippen LogP contribution in [-0.4, -0.2) is 40.2 Å². The first-order chi connectivity index (χ1) is 14.0. The fourth-order valence-corrected chi connectivity index (χ4v) is 3.44. The highest BCUT2D eigenvalue weighted by molar-refractivity contribution is 5.96. The SMILES string of the molecule is CC1=C(C(=O)NCc2ccccc2)[C@H](c2ccc(N(C)C)cc2)n2nnnc2N1. The van der Waals surface area contributed by atoms with Gasteiger partial charge in [-0.3, -0.25) is 4.79 Å². The Morgan fingerprint density at radius 3 is 2.55 bits per heavy atom. The molecule has 0 unspecified atom stereocenters. The predicted octanol–water partition coefficient (Wildman–Crippen LogP) is 2.34. The molecule has 0 saturated heterocycles. The molecule has 0 radical (unpaired) electrons. The number of fused-ring (bicyclic) bond motifs is 1. The lowest BCUT2D eigenvalue weighted by Gasteiger charge is -2.28. The van der Waals surface area contributed by atoms with E-state index >= 15 is 0 Å². The smallest absolute Gasteiger partial charge is 0.251 e. The minimum absolute atomic E-state index is 0.151. The van der Waals surface area contributed by atoms with Crippen LogP contribution in [0.25, 0.3) is 0 Å². The average Bonchev–Trinajstić information content (AvgIpc) is 3.20. The molecule has 1 aliphatic heterocycles. The molecule has 0 aliphatic carbocycles. The maximum Gasteiger partial charge on any atom is 0.251 e. The predicted molar refractivity (Wildman–Crippen MR) is 111 cm³/mol. The summed E-state index contributed by atoms with van der Waals surface area (Å²) in [5.74, 6) is 0.366. The molecule has 2 aromatic carbocycles. The highest BCUT2D eigenvalue weighted by atomic mass is 16.1. The number of tetrazole rings is 1. The first-order valence-electron chi connectivity index (χ1n) is 9.39. The van der Waals surface area contributed by atoms with Crippen LogP contribution >= 0.6 is 0 Å². The zero-order valence-electron chi connectivity index (χ0n) is 16.6. The molecule has 0 saturated carbocycles. The van der Waals surface area contributed by atoms with Gasteiger partial charge in [-0.05, 0) is 40.6 Å². The summed E-state index contributed by atoms with van der Waals surface area (Å²) in [6, 6.07) is 17.5. The van der Waals surface area contributed by atoms with Crippen LogP contribution in [-0.2, 0) is 11.3 Å². The van der Waals surface area contributed by atoms with E-state index in [1.807, 2.05) is 80.5 Å². The van der Waals surface area contributed by atoms with E-state index in [1.54, 1.807) is 4.68 Å². The van der Waals surface area contributed by atoms with E-state index in [9.17, 15) is 4.79 Å². The van der Waals surface area contributed by atoms with Gasteiger partial charge in [-0.15, -0.1) is 0 Å². The van der Waals surface area contributed by atoms with Crippen LogP contribution in [0.4, 0.5) is 11.6 Å². The van der Waals surface area contributed by atoms with Crippen molar-refractivity contribution in [2.75, 3.05) is 24.3 Å². The Bertz CT molecular complexity index is 1040. The van der Waals surface area contributed by atoms with Gasteiger partial charge in [0, 0.05) is 32.0 Å². The van der Waals surface area contributed by atoms with Crippen LogP contribution in [0.15, 0.2) is 65.9 Å². The Morgan fingerprint density at radius 2 is 1.86 bits per heavy atom. The van der Waals surface area contributed by atoms with Gasteiger partial charge in [0.05, 0.1) is 5.57 Å². The van der Waals surface area contributed by atoms with Crippen molar-refractivity contribution < 1.29 is 4.79 Å². The van der Waals surface area contributed by atoms with Gasteiger partial charge in [0.15, 0.2) is 0 Å². The molecule has 1 aliphatic rings. The van der Waals surface area contributed by atoms with Crippen LogP contribution < -0.4 is 15.5 Å². The highest BCUT2D eigenvalue weighted by Gasteiger charge is 2.33. The monoisotopic (exact) mass is 389 g/mol. The maximum atomic E-state index is 13.2. The minimum Gasteiger partial charge on any atom is -0.378 e. The zero-order chi connectivity index (χ0) is 20.4. The summed E-state index contributed by atoms with van der Waals surface area (Å²) < 4.78 is 1.65. The first-order valence-corrected chi connectivity index (χ1v) is 9.39. The molecule has 2 N–H and O–H groups in total. The largest absolute Gasteiger partial charge is 0.378 e. The summed E-state index contributed by atoms with van der Waals surface area (Å²) in [5.41, 5.74) is 4.39. The fraction of sp³-hybridized carbons (Fsp3) is 0.238. The molecule has 4 rings (SSSR count). The Kier molecular flexibility index (Phi) is 4.99. The Morgan fingerprint density at radius 1 is 1.14 bits per heavy atom. The molecule has 0 bridgehead atoms. The number of nitrogens with one attached hydrogen (secondary N) is 2. The van der Waals surface area contributed by atoms with Gasteiger partial charge in [-0.2, -0.15) is 4.68 Å². The third-order valence-corrected chi connectivity index (χ3v) is 4.98. The van der Waals surface area contributed by atoms with E-state index in [0.717, 1.165) is 22.5 Å². The lowest BCUT2D eigenvalue weighted by atomic mass is 9.94. The number of hydrogen-bond acceptors (Lipinski definition) is 6. The van der Waals surface area contributed by atoms with Crippen LogP contribution in [0.1, 0.15) is 24.1 Å². The lowest BCUT2D eigenvalue weighted by Crippen LogP contribution is -2.35. The number of carbonyl (C=O) groups excluding carboxylic acids is 1. The molecular weight excluding hydrogens is 366 g/mol. The van der Waals surface area contributed by atoms with Crippen molar-refractivity contribution in [2.24, 2.45) is 0 Å². The standard InChI is InChI=1S/C21H23N7O/c1-14-18(20(29)22-13-15-7-5-4-6-8-15)19(28-21(23-14)24-25-26-28)16-9-11-17(12-10-16)27(2)3/h4-12,19H,13H2,1-3H3,(H,22,29)(H,23,24,26)/t19-/m0/s1. The molecular formula is C21H23N7O. The van der Waals surface area contributed by atoms with Gasteiger partial charge >= 0.3 is 0 Å². The second-order valence-electron chi connectivity index (χ2n) is 7.17. The third-order valence-electron chi connectivity index (χ3n) is 4.98. The summed E-state index contributed by atoms with van der Waals surface area (Å²) in [5, 5.41) is 18.1. The van der Waals surface area contributed by atoms with Gasteiger partial charge in [0.1, 0.15) is 6.04 Å². The summed E-state index contributed by atoms with van der Waals surface area (Å²) in [7, 11) is 3.98. The van der Waals surface area contributed by atoms with E-state index in [2.05, 4.69) is 26.2 Å². The van der Waals surface area contributed by atoms with Gasteiger partial charge in [0.25, 0.3) is 5.91 Å². The number of hydrogen-bond donors (Lipinski definition) is 2. The maximum absolute atomic E-state index is 13.2. The van der Waals surface area contributed by atoms with Crippen molar-refractivity contribution in [3.63, 3.8) is 0 Å². The number of benzene rings is 2. The van der Waals surface area contributed by atoms with Crippen molar-refractivity contribution in [1.29, 1.82) is 0 Å². The van der Waals surface area contributed by atoms with Crippen LogP contribution in [0.2, 0.25) is 0 Å². The molecule has 0 fully saturated rings. The molecule has 0 spiro atoms. The van der Waals surface area contributed by atoms with Gasteiger partial charge in [-0.1, -0.05) is 47.6 Å². The van der Waals surface area contributed by atoms with Crippen molar-refractivity contribution >= 4 is 17.5 Å². The number of aromatic nitrogens is 4. The third kappa shape index (κ3) is 3.69. The number of allylic oxidation sites excluding steroid dienone is 1. The molecule has 1 amide bonds. The van der Waals surface area contributed by atoms with E-state index in [-0.39, 0.29) is 5.91 Å². The van der Waals surface area contributed by atoms with E-state index in [1.165, 1.54) is 0 Å². The number of rotatable bonds is 5. The second kappa shape index (κ2) is 7.75. The number of amides is 1. The van der Waals surface area contributed by atoms with Crippen LogP contribution in [0.5, 0.6) is 0 Å². The molecule has 1 atom stereocenters. The molecule has 148 valence electrons. The van der Waals surface area contributed by atoms with Gasteiger partial charge in [0.2, 0.25) is 5.95 Å². The van der Waals surface area contributed by atoms with E-state index < -0.39 is 6.04 Å².